The molecular formula is C13H13N5O3. The van der Waals surface area contributed by atoms with E-state index in [1.807, 2.05) is 0 Å². The Morgan fingerprint density at radius 1 is 1.48 bits per heavy atom. The normalized spacial score (nSPS) is 10.9. The van der Waals surface area contributed by atoms with Gasteiger partial charge in [0.25, 0.3) is 0 Å². The van der Waals surface area contributed by atoms with Crippen LogP contribution in [0.3, 0.4) is 0 Å². The Bertz CT molecular complexity index is 779. The molecule has 0 bridgehead atoms. The Hall–Kier alpha value is -2.90. The molecule has 3 heterocycles. The van der Waals surface area contributed by atoms with Crippen LogP contribution in [-0.4, -0.2) is 32.1 Å². The minimum Gasteiger partial charge on any atom is -0.465 e. The molecule has 0 aromatic carbocycles. The smallest absolute Gasteiger partial charge is 0.326 e. The summed E-state index contributed by atoms with van der Waals surface area (Å²) in [6, 6.07) is 3.50. The summed E-state index contributed by atoms with van der Waals surface area (Å²) in [6.07, 6.45) is 3.04. The van der Waals surface area contributed by atoms with Gasteiger partial charge in [-0.2, -0.15) is 4.98 Å². The van der Waals surface area contributed by atoms with Gasteiger partial charge in [-0.05, 0) is 19.1 Å². The summed E-state index contributed by atoms with van der Waals surface area (Å²) in [5, 5.41) is 0. The fourth-order valence-electron chi connectivity index (χ4n) is 2.01. The van der Waals surface area contributed by atoms with Gasteiger partial charge in [-0.3, -0.25) is 4.79 Å². The molecule has 8 nitrogen and oxygen atoms in total. The molecule has 0 saturated heterocycles. The fraction of sp³-hybridized carbons (Fsp3) is 0.231. The average Bonchev–Trinajstić information content (AvgIpc) is 3.09. The third kappa shape index (κ3) is 2.42. The fourth-order valence-corrected chi connectivity index (χ4v) is 2.01. The number of imidazole rings is 1. The molecule has 0 amide bonds. The molecule has 0 atom stereocenters. The molecule has 0 aliphatic carbocycles. The van der Waals surface area contributed by atoms with Gasteiger partial charge in [0.15, 0.2) is 11.4 Å². The van der Waals surface area contributed by atoms with Crippen molar-refractivity contribution in [2.45, 2.75) is 13.5 Å². The van der Waals surface area contributed by atoms with E-state index in [-0.39, 0.29) is 18.5 Å². The number of anilines is 1. The quantitative estimate of drug-likeness (QED) is 0.719. The Morgan fingerprint density at radius 3 is 3.05 bits per heavy atom. The van der Waals surface area contributed by atoms with Crippen LogP contribution < -0.4 is 5.73 Å². The molecule has 0 unspecified atom stereocenters. The zero-order valence-electron chi connectivity index (χ0n) is 11.3. The lowest BCUT2D eigenvalue weighted by Crippen LogP contribution is -2.13. The number of furan rings is 1. The predicted molar refractivity (Wildman–Crippen MR) is 74.1 cm³/mol. The maximum atomic E-state index is 11.6. The maximum absolute atomic E-state index is 11.6. The Labute approximate surface area is 119 Å². The van der Waals surface area contributed by atoms with Crippen molar-refractivity contribution >= 4 is 23.1 Å². The lowest BCUT2D eigenvalue weighted by molar-refractivity contribution is -0.143. The molecular weight excluding hydrogens is 274 g/mol. The van der Waals surface area contributed by atoms with E-state index in [1.54, 1.807) is 23.6 Å². The van der Waals surface area contributed by atoms with Crippen molar-refractivity contribution in [2.24, 2.45) is 0 Å². The first-order valence-electron chi connectivity index (χ1n) is 6.37. The molecule has 2 N–H and O–H groups in total. The van der Waals surface area contributed by atoms with Gasteiger partial charge in [0, 0.05) is 0 Å². The number of carbonyl (C=O) groups excluding carboxylic acids is 1. The lowest BCUT2D eigenvalue weighted by Gasteiger charge is -2.04. The highest BCUT2D eigenvalue weighted by molar-refractivity contribution is 5.87. The van der Waals surface area contributed by atoms with Crippen LogP contribution in [-0.2, 0) is 16.1 Å². The van der Waals surface area contributed by atoms with Gasteiger partial charge in [0.1, 0.15) is 17.8 Å². The third-order valence-electron chi connectivity index (χ3n) is 2.84. The minimum absolute atomic E-state index is 0.0123. The Morgan fingerprint density at radius 2 is 2.33 bits per heavy atom. The van der Waals surface area contributed by atoms with Crippen LogP contribution >= 0.6 is 0 Å². The van der Waals surface area contributed by atoms with Crippen LogP contribution in [0, 0.1) is 0 Å². The van der Waals surface area contributed by atoms with Crippen molar-refractivity contribution in [1.29, 1.82) is 0 Å². The number of rotatable bonds is 4. The van der Waals surface area contributed by atoms with Gasteiger partial charge < -0.3 is 19.5 Å². The number of nitrogen functional groups attached to an aromatic ring is 1. The molecule has 0 fully saturated rings. The number of aromatic nitrogens is 4. The van der Waals surface area contributed by atoms with Crippen molar-refractivity contribution in [1.82, 2.24) is 19.5 Å². The molecule has 3 aromatic rings. The largest absolute Gasteiger partial charge is 0.465 e. The number of ether oxygens (including phenoxy) is 1. The van der Waals surface area contributed by atoms with Crippen LogP contribution in [0.2, 0.25) is 0 Å². The van der Waals surface area contributed by atoms with Gasteiger partial charge >= 0.3 is 5.97 Å². The molecule has 3 rings (SSSR count). The van der Waals surface area contributed by atoms with Gasteiger partial charge in [0.2, 0.25) is 5.95 Å². The first-order chi connectivity index (χ1) is 10.2. The molecule has 8 heteroatoms. The zero-order chi connectivity index (χ0) is 14.8. The highest BCUT2D eigenvalue weighted by Crippen LogP contribution is 2.25. The Balaban J connectivity index is 2.08. The summed E-state index contributed by atoms with van der Waals surface area (Å²) in [5.41, 5.74) is 7.20. The summed E-state index contributed by atoms with van der Waals surface area (Å²) in [4.78, 5) is 24.1. The zero-order valence-corrected chi connectivity index (χ0v) is 11.3. The van der Waals surface area contributed by atoms with Crippen molar-refractivity contribution < 1.29 is 13.9 Å². The molecule has 21 heavy (non-hydrogen) atoms. The molecule has 0 radical (unpaired) electrons. The van der Waals surface area contributed by atoms with Crippen LogP contribution in [0.5, 0.6) is 0 Å². The highest BCUT2D eigenvalue weighted by Gasteiger charge is 2.17. The summed E-state index contributed by atoms with van der Waals surface area (Å²) in [5.74, 6) is 0.253. The standard InChI is InChI=1S/C13H13N5O3/c1-2-20-9(19)6-18-7-15-11-10(8-4-3-5-21-8)16-13(14)17-12(11)18/h3-5,7H,2,6H2,1H3,(H2,14,16,17). The molecule has 3 aromatic heterocycles. The van der Waals surface area contributed by atoms with Gasteiger partial charge in [-0.25, -0.2) is 9.97 Å². The highest BCUT2D eigenvalue weighted by atomic mass is 16.5. The molecule has 0 spiro atoms. The minimum atomic E-state index is -0.367. The number of esters is 1. The van der Waals surface area contributed by atoms with Crippen molar-refractivity contribution in [3.05, 3.63) is 24.7 Å². The average molecular weight is 287 g/mol. The molecule has 0 aliphatic rings. The van der Waals surface area contributed by atoms with Crippen molar-refractivity contribution in [3.63, 3.8) is 0 Å². The van der Waals surface area contributed by atoms with E-state index < -0.39 is 0 Å². The van der Waals surface area contributed by atoms with Crippen molar-refractivity contribution in [3.8, 4) is 11.5 Å². The van der Waals surface area contributed by atoms with E-state index in [0.29, 0.717) is 29.2 Å². The number of hydrogen-bond acceptors (Lipinski definition) is 7. The van der Waals surface area contributed by atoms with E-state index in [4.69, 9.17) is 14.9 Å². The maximum Gasteiger partial charge on any atom is 0.326 e. The first kappa shape index (κ1) is 13.1. The second-order valence-corrected chi connectivity index (χ2v) is 4.26. The number of carbonyl (C=O) groups is 1. The van der Waals surface area contributed by atoms with Crippen LogP contribution in [0.1, 0.15) is 6.92 Å². The summed E-state index contributed by atoms with van der Waals surface area (Å²) >= 11 is 0. The number of nitrogens with two attached hydrogens (primary N) is 1. The third-order valence-corrected chi connectivity index (χ3v) is 2.84. The SMILES string of the molecule is CCOC(=O)Cn1cnc2c(-c3ccco3)nc(N)nc21. The van der Waals surface area contributed by atoms with Gasteiger partial charge in [-0.15, -0.1) is 0 Å². The van der Waals surface area contributed by atoms with E-state index in [9.17, 15) is 4.79 Å². The second kappa shape index (κ2) is 5.23. The number of fused-ring (bicyclic) bond motifs is 1. The van der Waals surface area contributed by atoms with Gasteiger partial charge in [-0.1, -0.05) is 0 Å². The predicted octanol–water partition coefficient (Wildman–Crippen LogP) is 1.23. The van der Waals surface area contributed by atoms with E-state index >= 15 is 0 Å². The van der Waals surface area contributed by atoms with Crippen LogP contribution in [0.4, 0.5) is 5.95 Å². The molecule has 108 valence electrons. The lowest BCUT2D eigenvalue weighted by atomic mass is 10.3. The Kier molecular flexibility index (Phi) is 3.27. The van der Waals surface area contributed by atoms with E-state index in [1.165, 1.54) is 12.6 Å². The molecule has 0 aliphatic heterocycles. The number of nitrogens with zero attached hydrogens (tertiary/aromatic N) is 4. The monoisotopic (exact) mass is 287 g/mol. The van der Waals surface area contributed by atoms with Crippen molar-refractivity contribution in [2.75, 3.05) is 12.3 Å². The number of hydrogen-bond donors (Lipinski definition) is 1. The van der Waals surface area contributed by atoms with Gasteiger partial charge in [0.05, 0.1) is 19.2 Å². The summed E-state index contributed by atoms with van der Waals surface area (Å²) in [6.45, 7) is 2.08. The van der Waals surface area contributed by atoms with E-state index in [2.05, 4.69) is 15.0 Å². The summed E-state index contributed by atoms with van der Waals surface area (Å²) < 4.78 is 11.8. The summed E-state index contributed by atoms with van der Waals surface area (Å²) in [7, 11) is 0. The topological polar surface area (TPSA) is 109 Å². The molecule has 0 saturated carbocycles. The van der Waals surface area contributed by atoms with Crippen LogP contribution in [0.25, 0.3) is 22.6 Å². The first-order valence-corrected chi connectivity index (χ1v) is 6.37. The van der Waals surface area contributed by atoms with E-state index in [0.717, 1.165) is 0 Å². The van der Waals surface area contributed by atoms with Crippen LogP contribution in [0.15, 0.2) is 29.1 Å². The second-order valence-electron chi connectivity index (χ2n) is 4.26.